The van der Waals surface area contributed by atoms with Gasteiger partial charge in [-0.2, -0.15) is 0 Å². The minimum absolute atomic E-state index is 0.102. The summed E-state index contributed by atoms with van der Waals surface area (Å²) < 4.78 is 6.17. The second kappa shape index (κ2) is 15.6. The number of nitrogens with zero attached hydrogens (tertiary/aromatic N) is 3. The number of allylic oxidation sites excluding steroid dienone is 4. The lowest BCUT2D eigenvalue weighted by Crippen LogP contribution is -2.54. The number of fused-ring (bicyclic) bond motifs is 2. The zero-order valence-corrected chi connectivity index (χ0v) is 30.6. The molecule has 3 aromatic carbocycles. The summed E-state index contributed by atoms with van der Waals surface area (Å²) in [5.74, 6) is 0.541. The van der Waals surface area contributed by atoms with Crippen LogP contribution in [-0.4, -0.2) is 83.9 Å². The van der Waals surface area contributed by atoms with Crippen LogP contribution in [0.5, 0.6) is 5.75 Å². The van der Waals surface area contributed by atoms with Crippen LogP contribution in [-0.2, 0) is 9.59 Å². The summed E-state index contributed by atoms with van der Waals surface area (Å²) in [5, 5.41) is 12.5. The number of carbonyl (C=O) groups is 4. The number of aliphatic hydroxyl groups excluding tert-OH is 1. The summed E-state index contributed by atoms with van der Waals surface area (Å²) in [6.07, 6.45) is 10.4. The fourth-order valence-corrected chi connectivity index (χ4v) is 9.12. The number of aliphatic hydroxyl groups is 1. The van der Waals surface area contributed by atoms with Crippen molar-refractivity contribution in [1.29, 1.82) is 0 Å². The molecule has 3 aliphatic heterocycles. The quantitative estimate of drug-likeness (QED) is 0.170. The summed E-state index contributed by atoms with van der Waals surface area (Å²) in [4.78, 5) is 56.1. The molecule has 1 saturated carbocycles. The molecule has 10 nitrogen and oxygen atoms in total. The Morgan fingerprint density at radius 2 is 1.54 bits per heavy atom. The lowest BCUT2D eigenvalue weighted by Gasteiger charge is -2.40. The SMILES string of the molecule is O=C1CCC(N2C(=O)c3ccc(N4CCN(CCCCCOc5ccc([C@@H]6C7=CC=C(O)CC7CC[C@@H]6c6ccccc6)cc5)CC4)cc3C2=O)C(=O)N1. The zero-order valence-electron chi connectivity index (χ0n) is 30.6. The Morgan fingerprint density at radius 3 is 2.31 bits per heavy atom. The molecule has 280 valence electrons. The highest BCUT2D eigenvalue weighted by Gasteiger charge is 2.45. The van der Waals surface area contributed by atoms with E-state index in [4.69, 9.17) is 4.74 Å². The molecule has 4 atom stereocenters. The molecule has 3 heterocycles. The monoisotopic (exact) mass is 728 g/mol. The summed E-state index contributed by atoms with van der Waals surface area (Å²) in [5.41, 5.74) is 5.63. The first-order valence-corrected chi connectivity index (χ1v) is 19.5. The van der Waals surface area contributed by atoms with Gasteiger partial charge in [0.25, 0.3) is 11.8 Å². The van der Waals surface area contributed by atoms with Gasteiger partial charge in [0.15, 0.2) is 0 Å². The van der Waals surface area contributed by atoms with Crippen molar-refractivity contribution in [2.24, 2.45) is 5.92 Å². The van der Waals surface area contributed by atoms with Crippen molar-refractivity contribution in [3.05, 3.63) is 119 Å². The highest BCUT2D eigenvalue weighted by Crippen LogP contribution is 2.52. The van der Waals surface area contributed by atoms with Crippen LogP contribution in [0.1, 0.15) is 95.0 Å². The van der Waals surface area contributed by atoms with Crippen LogP contribution < -0.4 is 15.0 Å². The zero-order chi connectivity index (χ0) is 37.2. The van der Waals surface area contributed by atoms with Gasteiger partial charge in [0.2, 0.25) is 11.8 Å². The van der Waals surface area contributed by atoms with Crippen molar-refractivity contribution in [2.75, 3.05) is 44.2 Å². The number of ether oxygens (including phenoxy) is 1. The van der Waals surface area contributed by atoms with E-state index in [0.29, 0.717) is 35.3 Å². The predicted molar refractivity (Wildman–Crippen MR) is 206 cm³/mol. The summed E-state index contributed by atoms with van der Waals surface area (Å²) in [7, 11) is 0. The van der Waals surface area contributed by atoms with Gasteiger partial charge in [0.05, 0.1) is 23.5 Å². The van der Waals surface area contributed by atoms with Gasteiger partial charge in [0.1, 0.15) is 11.8 Å². The van der Waals surface area contributed by atoms with Crippen LogP contribution in [0, 0.1) is 5.92 Å². The van der Waals surface area contributed by atoms with Gasteiger partial charge in [0, 0.05) is 50.6 Å². The van der Waals surface area contributed by atoms with E-state index in [1.54, 1.807) is 12.1 Å². The van der Waals surface area contributed by atoms with Gasteiger partial charge in [-0.05, 0) is 104 Å². The van der Waals surface area contributed by atoms with E-state index in [-0.39, 0.29) is 24.7 Å². The molecule has 3 fully saturated rings. The Labute approximate surface area is 316 Å². The van der Waals surface area contributed by atoms with Gasteiger partial charge in [-0.1, -0.05) is 54.1 Å². The van der Waals surface area contributed by atoms with E-state index in [1.165, 1.54) is 16.7 Å². The molecule has 54 heavy (non-hydrogen) atoms. The third-order valence-electron chi connectivity index (χ3n) is 12.0. The molecule has 10 heteroatoms. The van der Waals surface area contributed by atoms with Crippen LogP contribution in [0.2, 0.25) is 0 Å². The molecule has 8 rings (SSSR count). The maximum atomic E-state index is 13.3. The second-order valence-corrected chi connectivity index (χ2v) is 15.3. The van der Waals surface area contributed by atoms with E-state index in [2.05, 4.69) is 75.8 Å². The summed E-state index contributed by atoms with van der Waals surface area (Å²) >= 11 is 0. The summed E-state index contributed by atoms with van der Waals surface area (Å²) in [6, 6.07) is 23.9. The first-order valence-electron chi connectivity index (χ1n) is 19.5. The van der Waals surface area contributed by atoms with Crippen molar-refractivity contribution in [3.63, 3.8) is 0 Å². The van der Waals surface area contributed by atoms with Crippen molar-refractivity contribution in [1.82, 2.24) is 15.1 Å². The number of amides is 4. The smallest absolute Gasteiger partial charge is 0.262 e. The van der Waals surface area contributed by atoms with Gasteiger partial charge in [-0.25, -0.2) is 0 Å². The average molecular weight is 729 g/mol. The lowest BCUT2D eigenvalue weighted by atomic mass is 9.64. The largest absolute Gasteiger partial charge is 0.512 e. The Bertz CT molecular complexity index is 1970. The van der Waals surface area contributed by atoms with E-state index in [0.717, 1.165) is 87.6 Å². The molecular formula is C44H48N4O6. The van der Waals surface area contributed by atoms with Crippen LogP contribution in [0.3, 0.4) is 0 Å². The Morgan fingerprint density at radius 1 is 0.759 bits per heavy atom. The van der Waals surface area contributed by atoms with E-state index in [9.17, 15) is 24.3 Å². The summed E-state index contributed by atoms with van der Waals surface area (Å²) in [6.45, 7) is 5.17. The lowest BCUT2D eigenvalue weighted by molar-refractivity contribution is -0.136. The number of anilines is 1. The Kier molecular flexibility index (Phi) is 10.4. The minimum atomic E-state index is -0.959. The van der Waals surface area contributed by atoms with Crippen LogP contribution in [0.15, 0.2) is 96.3 Å². The van der Waals surface area contributed by atoms with Gasteiger partial charge < -0.3 is 14.7 Å². The number of unbranched alkanes of at least 4 members (excludes halogenated alkanes) is 2. The number of piperidine rings is 1. The molecule has 4 amide bonds. The molecule has 3 aromatic rings. The molecular weight excluding hydrogens is 681 g/mol. The molecule has 2 aliphatic carbocycles. The standard InChI is InChI=1S/C44H48N4O6/c49-33-13-18-36-31(27-33)11-16-35(29-7-3-1-4-8-29)41(36)30-9-14-34(15-10-30)54-26-6-2-5-21-46-22-24-47(25-23-46)32-12-17-37-38(28-32)44(53)48(43(37)52)39-19-20-40(50)45-42(39)51/h1,3-4,7-10,12-15,17-18,28,31,35,39,41,49H,2,5-6,11,16,19-27H2,(H,45,50,51)/t31?,35-,39?,41+/m1/s1. The number of hydrogen-bond donors (Lipinski definition) is 2. The molecule has 0 spiro atoms. The molecule has 0 bridgehead atoms. The average Bonchev–Trinajstić information content (AvgIpc) is 3.44. The number of piperazine rings is 1. The van der Waals surface area contributed by atoms with Crippen molar-refractivity contribution < 1.29 is 29.0 Å². The minimum Gasteiger partial charge on any atom is -0.512 e. The normalized spacial score (nSPS) is 24.4. The molecule has 0 aromatic heterocycles. The third-order valence-corrected chi connectivity index (χ3v) is 12.0. The van der Waals surface area contributed by atoms with Gasteiger partial charge >= 0.3 is 0 Å². The number of hydrogen-bond acceptors (Lipinski definition) is 8. The van der Waals surface area contributed by atoms with Crippen molar-refractivity contribution >= 4 is 29.3 Å². The fourth-order valence-electron chi connectivity index (χ4n) is 9.12. The van der Waals surface area contributed by atoms with Crippen molar-refractivity contribution in [2.45, 2.75) is 69.2 Å². The Balaban J connectivity index is 0.780. The molecule has 0 radical (unpaired) electrons. The maximum absolute atomic E-state index is 13.3. The van der Waals surface area contributed by atoms with E-state index < -0.39 is 23.8 Å². The number of benzene rings is 3. The van der Waals surface area contributed by atoms with E-state index in [1.807, 2.05) is 12.1 Å². The highest BCUT2D eigenvalue weighted by atomic mass is 16.5. The molecule has 5 aliphatic rings. The highest BCUT2D eigenvalue weighted by molar-refractivity contribution is 6.23. The van der Waals surface area contributed by atoms with Crippen LogP contribution in [0.4, 0.5) is 5.69 Å². The van der Waals surface area contributed by atoms with Crippen molar-refractivity contribution in [3.8, 4) is 5.75 Å². The molecule has 2 N–H and O–H groups in total. The topological polar surface area (TPSA) is 119 Å². The van der Waals surface area contributed by atoms with Gasteiger partial charge in [-0.15, -0.1) is 0 Å². The maximum Gasteiger partial charge on any atom is 0.262 e. The second-order valence-electron chi connectivity index (χ2n) is 15.3. The fraction of sp³-hybridized carbons (Fsp3) is 0.409. The number of imide groups is 2. The third kappa shape index (κ3) is 7.31. The Hall–Kier alpha value is -5.22. The number of rotatable bonds is 11. The first kappa shape index (κ1) is 35.8. The van der Waals surface area contributed by atoms with Crippen LogP contribution >= 0.6 is 0 Å². The van der Waals surface area contributed by atoms with E-state index >= 15 is 0 Å². The molecule has 2 unspecified atom stereocenters. The number of carbonyl (C=O) groups excluding carboxylic acids is 4. The number of nitrogens with one attached hydrogen (secondary N) is 1. The predicted octanol–water partition coefficient (Wildman–Crippen LogP) is 6.51. The molecule has 2 saturated heterocycles. The first-order chi connectivity index (χ1) is 26.3. The van der Waals surface area contributed by atoms with Gasteiger partial charge in [-0.3, -0.25) is 34.3 Å². The van der Waals surface area contributed by atoms with Crippen LogP contribution in [0.25, 0.3) is 0 Å².